The van der Waals surface area contributed by atoms with Crippen molar-refractivity contribution in [2.45, 2.75) is 25.9 Å². The third-order valence-electron chi connectivity index (χ3n) is 2.69. The Morgan fingerprint density at radius 3 is 2.63 bits per heavy atom. The minimum atomic E-state index is -1.22. The molecule has 104 valence electrons. The molecule has 0 spiro atoms. The zero-order valence-corrected chi connectivity index (χ0v) is 10.8. The highest BCUT2D eigenvalue weighted by Crippen LogP contribution is 2.22. The summed E-state index contributed by atoms with van der Waals surface area (Å²) in [5.41, 5.74) is 0.156. The number of aromatic hydroxyl groups is 1. The maximum Gasteiger partial charge on any atom is 0.339 e. The van der Waals surface area contributed by atoms with Crippen LogP contribution in [0.3, 0.4) is 0 Å². The number of ether oxygens (including phenoxy) is 1. The average molecular weight is 267 g/mol. The summed E-state index contributed by atoms with van der Waals surface area (Å²) in [6, 6.07) is 3.88. The van der Waals surface area contributed by atoms with E-state index >= 15 is 0 Å². The normalized spacial score (nSPS) is 11.9. The highest BCUT2D eigenvalue weighted by molar-refractivity contribution is 5.94. The number of anilines is 1. The number of carboxylic acids is 1. The molecule has 0 bridgehead atoms. The zero-order valence-electron chi connectivity index (χ0n) is 10.8. The van der Waals surface area contributed by atoms with Crippen molar-refractivity contribution in [3.63, 3.8) is 0 Å². The molecule has 0 saturated carbocycles. The van der Waals surface area contributed by atoms with Crippen LogP contribution in [0.4, 0.5) is 5.69 Å². The number of hydrogen-bond donors (Lipinski definition) is 3. The topological polar surface area (TPSA) is 95.9 Å². The quantitative estimate of drug-likeness (QED) is 0.731. The SMILES string of the molecule is COC(C)CCC(=O)Nc1ccc(C(=O)O)c(O)c1. The lowest BCUT2D eigenvalue weighted by molar-refractivity contribution is -0.116. The maximum absolute atomic E-state index is 11.6. The van der Waals surface area contributed by atoms with Crippen LogP contribution in [0.5, 0.6) is 5.75 Å². The van der Waals surface area contributed by atoms with Crippen molar-refractivity contribution in [2.24, 2.45) is 0 Å². The van der Waals surface area contributed by atoms with E-state index in [9.17, 15) is 14.7 Å². The van der Waals surface area contributed by atoms with Crippen LogP contribution < -0.4 is 5.32 Å². The van der Waals surface area contributed by atoms with E-state index in [0.29, 0.717) is 12.1 Å². The van der Waals surface area contributed by atoms with Gasteiger partial charge in [-0.25, -0.2) is 4.79 Å². The van der Waals surface area contributed by atoms with Crippen molar-refractivity contribution >= 4 is 17.6 Å². The Morgan fingerprint density at radius 1 is 1.42 bits per heavy atom. The van der Waals surface area contributed by atoms with Crippen LogP contribution in [0.15, 0.2) is 18.2 Å². The Bertz CT molecular complexity index is 472. The average Bonchev–Trinajstić information content (AvgIpc) is 2.35. The molecule has 1 amide bonds. The molecular formula is C13H17NO5. The Morgan fingerprint density at radius 2 is 2.11 bits per heavy atom. The Labute approximate surface area is 111 Å². The number of nitrogens with one attached hydrogen (secondary N) is 1. The second-order valence-corrected chi connectivity index (χ2v) is 4.17. The van der Waals surface area contributed by atoms with Gasteiger partial charge in [-0.05, 0) is 25.5 Å². The van der Waals surface area contributed by atoms with E-state index in [1.165, 1.54) is 18.2 Å². The molecule has 0 fully saturated rings. The van der Waals surface area contributed by atoms with Gasteiger partial charge in [0, 0.05) is 25.3 Å². The minimum absolute atomic E-state index is 0.00598. The van der Waals surface area contributed by atoms with E-state index in [-0.39, 0.29) is 29.7 Å². The number of rotatable bonds is 6. The predicted octanol–water partition coefficient (Wildman–Crippen LogP) is 1.84. The van der Waals surface area contributed by atoms with Crippen LogP contribution in [0, 0.1) is 0 Å². The van der Waals surface area contributed by atoms with Gasteiger partial charge in [0.25, 0.3) is 0 Å². The molecule has 1 aromatic carbocycles. The fourth-order valence-electron chi connectivity index (χ4n) is 1.47. The Hall–Kier alpha value is -2.08. The second-order valence-electron chi connectivity index (χ2n) is 4.17. The van der Waals surface area contributed by atoms with Crippen LogP contribution in [-0.4, -0.2) is 35.3 Å². The van der Waals surface area contributed by atoms with Gasteiger partial charge in [-0.3, -0.25) is 4.79 Å². The molecule has 1 atom stereocenters. The number of benzene rings is 1. The zero-order chi connectivity index (χ0) is 14.4. The van der Waals surface area contributed by atoms with Crippen LogP contribution >= 0.6 is 0 Å². The molecule has 0 saturated heterocycles. The first-order valence-electron chi connectivity index (χ1n) is 5.83. The van der Waals surface area contributed by atoms with Gasteiger partial charge in [-0.1, -0.05) is 0 Å². The van der Waals surface area contributed by atoms with Crippen LogP contribution in [0.1, 0.15) is 30.1 Å². The lowest BCUT2D eigenvalue weighted by Gasteiger charge is -2.10. The maximum atomic E-state index is 11.6. The third-order valence-corrected chi connectivity index (χ3v) is 2.69. The summed E-state index contributed by atoms with van der Waals surface area (Å²) in [6.45, 7) is 1.86. The van der Waals surface area contributed by atoms with E-state index in [0.717, 1.165) is 0 Å². The number of carbonyl (C=O) groups is 2. The van der Waals surface area contributed by atoms with Crippen molar-refractivity contribution < 1.29 is 24.5 Å². The summed E-state index contributed by atoms with van der Waals surface area (Å²) < 4.78 is 5.03. The summed E-state index contributed by atoms with van der Waals surface area (Å²) in [5.74, 6) is -1.81. The van der Waals surface area contributed by atoms with E-state index in [2.05, 4.69) is 5.32 Å². The molecule has 1 aromatic rings. The summed E-state index contributed by atoms with van der Waals surface area (Å²) in [6.07, 6.45) is 0.867. The molecule has 1 unspecified atom stereocenters. The van der Waals surface area contributed by atoms with E-state index < -0.39 is 5.97 Å². The molecular weight excluding hydrogens is 250 g/mol. The molecule has 6 heteroatoms. The van der Waals surface area contributed by atoms with Crippen molar-refractivity contribution in [3.05, 3.63) is 23.8 Å². The van der Waals surface area contributed by atoms with Gasteiger partial charge in [-0.15, -0.1) is 0 Å². The smallest absolute Gasteiger partial charge is 0.339 e. The molecule has 0 aliphatic rings. The molecule has 3 N–H and O–H groups in total. The summed E-state index contributed by atoms with van der Waals surface area (Å²) in [7, 11) is 1.57. The third kappa shape index (κ3) is 4.59. The number of amides is 1. The van der Waals surface area contributed by atoms with E-state index in [4.69, 9.17) is 9.84 Å². The van der Waals surface area contributed by atoms with Gasteiger partial charge in [0.1, 0.15) is 11.3 Å². The summed E-state index contributed by atoms with van der Waals surface area (Å²) >= 11 is 0. The molecule has 0 aliphatic heterocycles. The summed E-state index contributed by atoms with van der Waals surface area (Å²) in [4.78, 5) is 22.3. The summed E-state index contributed by atoms with van der Waals surface area (Å²) in [5, 5.41) is 20.8. The Balaban J connectivity index is 2.60. The van der Waals surface area contributed by atoms with Gasteiger partial charge in [0.15, 0.2) is 0 Å². The molecule has 0 aliphatic carbocycles. The molecule has 0 radical (unpaired) electrons. The number of phenols is 1. The number of carbonyl (C=O) groups excluding carboxylic acids is 1. The lowest BCUT2D eigenvalue weighted by atomic mass is 10.1. The number of hydrogen-bond acceptors (Lipinski definition) is 4. The fraction of sp³-hybridized carbons (Fsp3) is 0.385. The molecule has 0 heterocycles. The standard InChI is InChI=1S/C13H17NO5/c1-8(19-2)3-6-12(16)14-9-4-5-10(13(17)18)11(15)7-9/h4-5,7-8,15H,3,6H2,1-2H3,(H,14,16)(H,17,18). The molecule has 0 aromatic heterocycles. The molecule has 6 nitrogen and oxygen atoms in total. The van der Waals surface area contributed by atoms with Crippen molar-refractivity contribution in [3.8, 4) is 5.75 Å². The van der Waals surface area contributed by atoms with Crippen LogP contribution in [0.2, 0.25) is 0 Å². The molecule has 19 heavy (non-hydrogen) atoms. The first-order valence-corrected chi connectivity index (χ1v) is 5.83. The fourth-order valence-corrected chi connectivity index (χ4v) is 1.47. The van der Waals surface area contributed by atoms with Gasteiger partial charge in [-0.2, -0.15) is 0 Å². The molecule has 1 rings (SSSR count). The Kier molecular flexibility index (Phi) is 5.32. The first kappa shape index (κ1) is 15.0. The first-order chi connectivity index (χ1) is 8.93. The van der Waals surface area contributed by atoms with Gasteiger partial charge in [0.2, 0.25) is 5.91 Å². The van der Waals surface area contributed by atoms with Crippen LogP contribution in [0.25, 0.3) is 0 Å². The van der Waals surface area contributed by atoms with Gasteiger partial charge in [0.05, 0.1) is 6.10 Å². The van der Waals surface area contributed by atoms with Crippen LogP contribution in [-0.2, 0) is 9.53 Å². The van der Waals surface area contributed by atoms with E-state index in [1.807, 2.05) is 6.92 Å². The van der Waals surface area contributed by atoms with Crippen molar-refractivity contribution in [2.75, 3.05) is 12.4 Å². The highest BCUT2D eigenvalue weighted by Gasteiger charge is 2.11. The predicted molar refractivity (Wildman–Crippen MR) is 69.4 cm³/mol. The van der Waals surface area contributed by atoms with Crippen molar-refractivity contribution in [1.29, 1.82) is 0 Å². The van der Waals surface area contributed by atoms with Gasteiger partial charge < -0.3 is 20.3 Å². The largest absolute Gasteiger partial charge is 0.507 e. The lowest BCUT2D eigenvalue weighted by Crippen LogP contribution is -2.15. The van der Waals surface area contributed by atoms with Gasteiger partial charge >= 0.3 is 5.97 Å². The second kappa shape index (κ2) is 6.75. The van der Waals surface area contributed by atoms with E-state index in [1.54, 1.807) is 7.11 Å². The van der Waals surface area contributed by atoms with Crippen molar-refractivity contribution in [1.82, 2.24) is 0 Å². The highest BCUT2D eigenvalue weighted by atomic mass is 16.5. The number of aromatic carboxylic acids is 1. The number of methoxy groups -OCH3 is 1. The number of carboxylic acid groups (broad SMARTS) is 1. The minimum Gasteiger partial charge on any atom is -0.507 e. The monoisotopic (exact) mass is 267 g/mol.